The molecule has 3 aromatic rings. The number of anilines is 1. The third kappa shape index (κ3) is 2.92. The zero-order valence-corrected chi connectivity index (χ0v) is 16.2. The second-order valence-electron chi connectivity index (χ2n) is 7.88. The number of halogens is 1. The van der Waals surface area contributed by atoms with Crippen LogP contribution in [-0.2, 0) is 9.47 Å². The van der Waals surface area contributed by atoms with Crippen LogP contribution in [0.3, 0.4) is 0 Å². The van der Waals surface area contributed by atoms with E-state index in [0.717, 1.165) is 28.6 Å². The van der Waals surface area contributed by atoms with Crippen molar-refractivity contribution in [3.8, 4) is 11.1 Å². The van der Waals surface area contributed by atoms with E-state index in [0.29, 0.717) is 11.3 Å². The second kappa shape index (κ2) is 6.52. The number of rotatable bonds is 3. The molecule has 0 radical (unpaired) electrons. The lowest BCUT2D eigenvalue weighted by atomic mass is 9.79. The highest BCUT2D eigenvalue weighted by Gasteiger charge is 2.60. The summed E-state index contributed by atoms with van der Waals surface area (Å²) in [7, 11) is 0. The summed E-state index contributed by atoms with van der Waals surface area (Å²) in [6.45, 7) is 0.812. The van der Waals surface area contributed by atoms with Gasteiger partial charge in [0.1, 0.15) is 18.0 Å². The first-order valence-electron chi connectivity index (χ1n) is 9.80. The number of epoxide rings is 1. The minimum atomic E-state index is -0.507. The van der Waals surface area contributed by atoms with Crippen molar-refractivity contribution in [1.29, 1.82) is 0 Å². The summed E-state index contributed by atoms with van der Waals surface area (Å²) in [6.07, 6.45) is 0.603. The Morgan fingerprint density at radius 2 is 2.10 bits per heavy atom. The normalized spacial score (nSPS) is 29.5. The van der Waals surface area contributed by atoms with Crippen molar-refractivity contribution >= 4 is 33.2 Å². The monoisotopic (exact) mass is 410 g/mol. The third-order valence-electron chi connectivity index (χ3n) is 6.21. The number of thiophene rings is 1. The quantitative estimate of drug-likeness (QED) is 0.629. The van der Waals surface area contributed by atoms with Gasteiger partial charge < -0.3 is 14.8 Å². The summed E-state index contributed by atoms with van der Waals surface area (Å²) in [5.41, 5.74) is 2.09. The number of piperidine rings is 2. The molecule has 1 unspecified atom stereocenters. The highest BCUT2D eigenvalue weighted by molar-refractivity contribution is 7.17. The molecule has 29 heavy (non-hydrogen) atoms. The van der Waals surface area contributed by atoms with Crippen molar-refractivity contribution in [2.75, 3.05) is 11.9 Å². The first-order chi connectivity index (χ1) is 14.2. The number of carbonyl (C=O) groups excluding carboxylic acids is 1. The Hall–Kier alpha value is -2.48. The van der Waals surface area contributed by atoms with Gasteiger partial charge in [-0.05, 0) is 29.6 Å². The lowest BCUT2D eigenvalue weighted by molar-refractivity contribution is 0.0222. The Balaban J connectivity index is 1.26. The van der Waals surface area contributed by atoms with Gasteiger partial charge in [0.15, 0.2) is 0 Å². The molecule has 7 heteroatoms. The summed E-state index contributed by atoms with van der Waals surface area (Å²) in [4.78, 5) is 12.7. The van der Waals surface area contributed by atoms with E-state index >= 15 is 0 Å². The Bertz CT molecular complexity index is 1120. The van der Waals surface area contributed by atoms with Crippen molar-refractivity contribution in [2.45, 2.75) is 30.8 Å². The minimum absolute atomic E-state index is 0.157. The number of nitrogens with one attached hydrogen (secondary N) is 2. The fourth-order valence-corrected chi connectivity index (χ4v) is 5.72. The molecule has 1 saturated carbocycles. The number of fused-ring (bicyclic) bond motifs is 3. The van der Waals surface area contributed by atoms with Gasteiger partial charge in [-0.3, -0.25) is 5.32 Å². The molecule has 2 bridgehead atoms. The number of hydrogen-bond acceptors (Lipinski definition) is 5. The first-order valence-corrected chi connectivity index (χ1v) is 10.7. The Morgan fingerprint density at radius 1 is 1.21 bits per heavy atom. The molecule has 7 rings (SSSR count). The Morgan fingerprint density at radius 3 is 3.00 bits per heavy atom. The van der Waals surface area contributed by atoms with Gasteiger partial charge in [0.05, 0.1) is 11.8 Å². The molecule has 4 fully saturated rings. The van der Waals surface area contributed by atoms with Gasteiger partial charge in [-0.25, -0.2) is 9.18 Å². The van der Waals surface area contributed by atoms with Crippen molar-refractivity contribution in [1.82, 2.24) is 5.32 Å². The highest BCUT2D eigenvalue weighted by atomic mass is 32.1. The smallest absolute Gasteiger partial charge is 0.411 e. The topological polar surface area (TPSA) is 62.9 Å². The zero-order chi connectivity index (χ0) is 19.5. The molecule has 148 valence electrons. The Labute approximate surface area is 170 Å². The molecular formula is C22H19FN2O3S. The predicted octanol–water partition coefficient (Wildman–Crippen LogP) is 4.38. The molecular weight excluding hydrogens is 391 g/mol. The second-order valence-corrected chi connectivity index (χ2v) is 8.80. The lowest BCUT2D eigenvalue weighted by Gasteiger charge is -2.39. The van der Waals surface area contributed by atoms with Crippen LogP contribution in [-0.4, -0.2) is 37.0 Å². The van der Waals surface area contributed by atoms with Crippen LogP contribution in [0.5, 0.6) is 0 Å². The van der Waals surface area contributed by atoms with Crippen molar-refractivity contribution in [3.63, 3.8) is 0 Å². The molecule has 1 aromatic heterocycles. The van der Waals surface area contributed by atoms with E-state index in [1.807, 2.05) is 29.6 Å². The van der Waals surface area contributed by atoms with Crippen LogP contribution in [0.2, 0.25) is 0 Å². The van der Waals surface area contributed by atoms with E-state index in [9.17, 15) is 9.18 Å². The van der Waals surface area contributed by atoms with Gasteiger partial charge >= 0.3 is 6.09 Å². The van der Waals surface area contributed by atoms with Crippen LogP contribution >= 0.6 is 11.3 Å². The van der Waals surface area contributed by atoms with Crippen molar-refractivity contribution in [3.05, 3.63) is 53.7 Å². The van der Waals surface area contributed by atoms with E-state index in [2.05, 4.69) is 10.6 Å². The van der Waals surface area contributed by atoms with Crippen LogP contribution in [0.15, 0.2) is 47.8 Å². The van der Waals surface area contributed by atoms with E-state index in [1.165, 1.54) is 12.1 Å². The summed E-state index contributed by atoms with van der Waals surface area (Å²) in [5.74, 6) is -0.147. The standard InChI is InChI=1S/C22H19FN2O3S/c23-11-5-6-16(13(7-11)15-10-29-19-4-2-1-3-12(15)19)25-22(26)27-18-8-17-21-20(28-21)14(18)9-24-17/h1-7,10,14,17-18,20-21,24H,8-9H2,(H,25,26)/t14-,17?,18-,20+,21-/m1/s1. The van der Waals surface area contributed by atoms with Crippen LogP contribution < -0.4 is 10.6 Å². The number of ether oxygens (including phenoxy) is 2. The van der Waals surface area contributed by atoms with E-state index in [4.69, 9.17) is 9.47 Å². The number of amides is 1. The molecule has 4 heterocycles. The SMILES string of the molecule is O=C(Nc1ccc(F)cc1-c1csc2ccccc12)O[C@@H]1CC2NC[C@H]1[C@@H]1O[C@H]21. The van der Waals surface area contributed by atoms with Gasteiger partial charge in [0.25, 0.3) is 0 Å². The van der Waals surface area contributed by atoms with Gasteiger partial charge in [0.2, 0.25) is 0 Å². The van der Waals surface area contributed by atoms with Gasteiger partial charge in [-0.2, -0.15) is 0 Å². The summed E-state index contributed by atoms with van der Waals surface area (Å²) in [6, 6.07) is 12.6. The maximum Gasteiger partial charge on any atom is 0.411 e. The maximum atomic E-state index is 14.0. The van der Waals surface area contributed by atoms with Crippen LogP contribution in [0, 0.1) is 11.7 Å². The van der Waals surface area contributed by atoms with Crippen LogP contribution in [0.25, 0.3) is 21.2 Å². The average molecular weight is 410 g/mol. The lowest BCUT2D eigenvalue weighted by Crippen LogP contribution is -2.57. The van der Waals surface area contributed by atoms with Crippen molar-refractivity contribution < 1.29 is 18.7 Å². The zero-order valence-electron chi connectivity index (χ0n) is 15.4. The molecule has 2 N–H and O–H groups in total. The third-order valence-corrected chi connectivity index (χ3v) is 7.17. The largest absolute Gasteiger partial charge is 0.445 e. The van der Waals surface area contributed by atoms with E-state index < -0.39 is 6.09 Å². The molecule has 5 atom stereocenters. The maximum absolute atomic E-state index is 14.0. The van der Waals surface area contributed by atoms with E-state index in [-0.39, 0.29) is 36.1 Å². The number of hydrogen-bond donors (Lipinski definition) is 2. The van der Waals surface area contributed by atoms with Gasteiger partial charge in [-0.15, -0.1) is 11.3 Å². The first kappa shape index (κ1) is 17.4. The molecule has 4 aliphatic rings. The van der Waals surface area contributed by atoms with Gasteiger partial charge in [-0.1, -0.05) is 18.2 Å². The molecule has 0 spiro atoms. The van der Waals surface area contributed by atoms with Gasteiger partial charge in [0, 0.05) is 46.1 Å². The molecule has 3 saturated heterocycles. The molecule has 1 amide bonds. The Kier molecular flexibility index (Phi) is 3.91. The fourth-order valence-electron chi connectivity index (χ4n) is 4.76. The van der Waals surface area contributed by atoms with Crippen molar-refractivity contribution in [2.24, 2.45) is 5.92 Å². The van der Waals surface area contributed by atoms with Crippen LogP contribution in [0.1, 0.15) is 6.42 Å². The van der Waals surface area contributed by atoms with Crippen LogP contribution in [0.4, 0.5) is 14.9 Å². The summed E-state index contributed by atoms with van der Waals surface area (Å²) < 4.78 is 26.6. The fraction of sp³-hybridized carbons (Fsp3) is 0.318. The summed E-state index contributed by atoms with van der Waals surface area (Å²) >= 11 is 1.60. The summed E-state index contributed by atoms with van der Waals surface area (Å²) in [5, 5.41) is 9.30. The molecule has 5 nitrogen and oxygen atoms in total. The average Bonchev–Trinajstić information content (AvgIpc) is 3.45. The minimum Gasteiger partial charge on any atom is -0.445 e. The predicted molar refractivity (Wildman–Crippen MR) is 110 cm³/mol. The molecule has 2 aromatic carbocycles. The molecule has 1 aliphatic carbocycles. The molecule has 3 aliphatic heterocycles. The highest BCUT2D eigenvalue weighted by Crippen LogP contribution is 2.45. The number of benzene rings is 2. The number of carbonyl (C=O) groups is 1. The van der Waals surface area contributed by atoms with E-state index in [1.54, 1.807) is 17.4 Å².